The zero-order chi connectivity index (χ0) is 12.1. The van der Waals surface area contributed by atoms with Gasteiger partial charge in [-0.05, 0) is 12.5 Å². The minimum absolute atomic E-state index is 0.158. The van der Waals surface area contributed by atoms with Gasteiger partial charge in [-0.25, -0.2) is 0 Å². The number of nitrogens with zero attached hydrogens (tertiary/aromatic N) is 1. The number of hydrogen-bond acceptors (Lipinski definition) is 5. The summed E-state index contributed by atoms with van der Waals surface area (Å²) in [5, 5.41) is 8.39. The van der Waals surface area contributed by atoms with E-state index in [1.165, 1.54) is 0 Å². The summed E-state index contributed by atoms with van der Waals surface area (Å²) in [7, 11) is 0. The van der Waals surface area contributed by atoms with Gasteiger partial charge in [0.15, 0.2) is 17.8 Å². The molecule has 0 aromatic heterocycles. The summed E-state index contributed by atoms with van der Waals surface area (Å²) in [6.45, 7) is 0.555. The van der Waals surface area contributed by atoms with Crippen molar-refractivity contribution in [3.8, 4) is 23.3 Å². The van der Waals surface area contributed by atoms with Crippen molar-refractivity contribution in [2.45, 2.75) is 12.8 Å². The quantitative estimate of drug-likeness (QED) is 0.574. The Morgan fingerprint density at radius 2 is 2.18 bits per heavy atom. The van der Waals surface area contributed by atoms with E-state index in [0.717, 1.165) is 0 Å². The molecule has 0 fully saturated rings. The molecular formula is C12H11NO4. The Kier molecular flexibility index (Phi) is 3.46. The Labute approximate surface area is 98.5 Å². The lowest BCUT2D eigenvalue weighted by atomic mass is 10.2. The minimum atomic E-state index is 0.158. The van der Waals surface area contributed by atoms with Crippen molar-refractivity contribution < 1.29 is 19.0 Å². The smallest absolute Gasteiger partial charge is 0.231 e. The van der Waals surface area contributed by atoms with Gasteiger partial charge in [0.05, 0.1) is 18.2 Å². The van der Waals surface area contributed by atoms with Gasteiger partial charge in [0.25, 0.3) is 0 Å². The monoisotopic (exact) mass is 233 g/mol. The summed E-state index contributed by atoms with van der Waals surface area (Å²) in [5.74, 6) is 1.59. The van der Waals surface area contributed by atoms with Crippen molar-refractivity contribution in [2.24, 2.45) is 0 Å². The molecule has 5 nitrogen and oxygen atoms in total. The highest BCUT2D eigenvalue weighted by Gasteiger charge is 2.17. The molecule has 17 heavy (non-hydrogen) atoms. The fourth-order valence-electron chi connectivity index (χ4n) is 1.49. The van der Waals surface area contributed by atoms with E-state index in [2.05, 4.69) is 0 Å². The Hall–Kier alpha value is -2.22. The highest BCUT2D eigenvalue weighted by Crippen LogP contribution is 2.37. The molecule has 1 heterocycles. The van der Waals surface area contributed by atoms with E-state index >= 15 is 0 Å². The van der Waals surface area contributed by atoms with Crippen LogP contribution >= 0.6 is 0 Å². The Morgan fingerprint density at radius 3 is 2.88 bits per heavy atom. The van der Waals surface area contributed by atoms with Gasteiger partial charge in [0, 0.05) is 12.5 Å². The lowest BCUT2D eigenvalue weighted by Gasteiger charge is -2.08. The highest BCUT2D eigenvalue weighted by molar-refractivity contribution is 5.81. The van der Waals surface area contributed by atoms with Gasteiger partial charge in [0.1, 0.15) is 5.75 Å². The summed E-state index contributed by atoms with van der Waals surface area (Å²) < 4.78 is 15.8. The standard InChI is InChI=1S/C12H11NO4/c13-3-1-2-4-15-10-6-12-11(16-8-17-12)5-9(10)7-14/h5-7H,1-2,4,8H2. The minimum Gasteiger partial charge on any atom is -0.493 e. The second kappa shape index (κ2) is 5.21. The van der Waals surface area contributed by atoms with Crippen molar-refractivity contribution in [3.05, 3.63) is 17.7 Å². The van der Waals surface area contributed by atoms with Gasteiger partial charge in [-0.1, -0.05) is 0 Å². The maximum atomic E-state index is 10.9. The van der Waals surface area contributed by atoms with Crippen LogP contribution in [0.2, 0.25) is 0 Å². The molecule has 0 amide bonds. The zero-order valence-electron chi connectivity index (χ0n) is 9.14. The first-order valence-corrected chi connectivity index (χ1v) is 5.23. The van der Waals surface area contributed by atoms with Crippen LogP contribution in [0.25, 0.3) is 0 Å². The SMILES string of the molecule is N#CCCCOc1cc2c(cc1C=O)OCO2. The molecule has 0 spiro atoms. The number of carbonyl (C=O) groups is 1. The van der Waals surface area contributed by atoms with Gasteiger partial charge in [0.2, 0.25) is 6.79 Å². The summed E-state index contributed by atoms with van der Waals surface area (Å²) in [6, 6.07) is 5.26. The van der Waals surface area contributed by atoms with E-state index in [-0.39, 0.29) is 6.79 Å². The lowest BCUT2D eigenvalue weighted by Crippen LogP contribution is -1.99. The van der Waals surface area contributed by atoms with Crippen LogP contribution in [0.3, 0.4) is 0 Å². The molecule has 0 aliphatic carbocycles. The number of hydrogen-bond donors (Lipinski definition) is 0. The lowest BCUT2D eigenvalue weighted by molar-refractivity contribution is 0.111. The van der Waals surface area contributed by atoms with Crippen molar-refractivity contribution in [2.75, 3.05) is 13.4 Å². The Balaban J connectivity index is 2.10. The van der Waals surface area contributed by atoms with Crippen LogP contribution in [0.1, 0.15) is 23.2 Å². The third-order valence-corrected chi connectivity index (χ3v) is 2.32. The largest absolute Gasteiger partial charge is 0.493 e. The molecule has 5 heteroatoms. The number of fused-ring (bicyclic) bond motifs is 1. The Bertz CT molecular complexity index is 464. The average molecular weight is 233 g/mol. The van der Waals surface area contributed by atoms with Crippen LogP contribution in [0.15, 0.2) is 12.1 Å². The van der Waals surface area contributed by atoms with E-state index in [1.807, 2.05) is 6.07 Å². The maximum Gasteiger partial charge on any atom is 0.231 e. The van der Waals surface area contributed by atoms with Crippen molar-refractivity contribution in [1.29, 1.82) is 5.26 Å². The van der Waals surface area contributed by atoms with Crippen molar-refractivity contribution in [3.63, 3.8) is 0 Å². The Morgan fingerprint density at radius 1 is 1.41 bits per heavy atom. The molecule has 0 N–H and O–H groups in total. The van der Waals surface area contributed by atoms with E-state index in [4.69, 9.17) is 19.5 Å². The van der Waals surface area contributed by atoms with Crippen LogP contribution in [-0.2, 0) is 0 Å². The topological polar surface area (TPSA) is 68.5 Å². The van der Waals surface area contributed by atoms with E-state index in [9.17, 15) is 4.79 Å². The molecule has 1 aromatic carbocycles. The molecule has 0 atom stereocenters. The van der Waals surface area contributed by atoms with Gasteiger partial charge in [-0.15, -0.1) is 0 Å². The molecule has 1 aromatic rings. The molecule has 0 bridgehead atoms. The van der Waals surface area contributed by atoms with Crippen LogP contribution in [0, 0.1) is 11.3 Å². The molecule has 0 unspecified atom stereocenters. The third-order valence-electron chi connectivity index (χ3n) is 2.32. The number of carbonyl (C=O) groups excluding carboxylic acids is 1. The first-order valence-electron chi connectivity index (χ1n) is 5.23. The second-order valence-electron chi connectivity index (χ2n) is 3.47. The first kappa shape index (κ1) is 11.3. The van der Waals surface area contributed by atoms with Gasteiger partial charge >= 0.3 is 0 Å². The van der Waals surface area contributed by atoms with Gasteiger partial charge in [-0.2, -0.15) is 5.26 Å². The predicted octanol–water partition coefficient (Wildman–Crippen LogP) is 1.91. The third kappa shape index (κ3) is 2.48. The van der Waals surface area contributed by atoms with Gasteiger partial charge in [-0.3, -0.25) is 4.79 Å². The van der Waals surface area contributed by atoms with Gasteiger partial charge < -0.3 is 14.2 Å². The van der Waals surface area contributed by atoms with E-state index in [1.54, 1.807) is 12.1 Å². The molecule has 88 valence electrons. The average Bonchev–Trinajstić information content (AvgIpc) is 2.80. The summed E-state index contributed by atoms with van der Waals surface area (Å²) in [4.78, 5) is 10.9. The van der Waals surface area contributed by atoms with E-state index in [0.29, 0.717) is 48.5 Å². The van der Waals surface area contributed by atoms with Crippen LogP contribution in [0.5, 0.6) is 17.2 Å². The maximum absolute atomic E-state index is 10.9. The van der Waals surface area contributed by atoms with Crippen LogP contribution in [-0.4, -0.2) is 19.7 Å². The molecular weight excluding hydrogens is 222 g/mol. The van der Waals surface area contributed by atoms with Crippen LogP contribution < -0.4 is 14.2 Å². The number of nitriles is 1. The highest BCUT2D eigenvalue weighted by atomic mass is 16.7. The predicted molar refractivity (Wildman–Crippen MR) is 58.3 cm³/mol. The summed E-state index contributed by atoms with van der Waals surface area (Å²) >= 11 is 0. The molecule has 1 aliphatic heterocycles. The molecule has 1 aliphatic rings. The number of benzene rings is 1. The second-order valence-corrected chi connectivity index (χ2v) is 3.47. The number of ether oxygens (including phenoxy) is 3. The fourth-order valence-corrected chi connectivity index (χ4v) is 1.49. The van der Waals surface area contributed by atoms with Crippen molar-refractivity contribution in [1.82, 2.24) is 0 Å². The van der Waals surface area contributed by atoms with Crippen LogP contribution in [0.4, 0.5) is 0 Å². The molecule has 0 saturated carbocycles. The number of rotatable bonds is 5. The summed E-state index contributed by atoms with van der Waals surface area (Å²) in [6.07, 6.45) is 1.77. The normalized spacial score (nSPS) is 11.9. The van der Waals surface area contributed by atoms with Crippen molar-refractivity contribution >= 4 is 6.29 Å². The molecule has 0 radical (unpaired) electrons. The fraction of sp³-hybridized carbons (Fsp3) is 0.333. The summed E-state index contributed by atoms with van der Waals surface area (Å²) in [5.41, 5.74) is 0.422. The zero-order valence-corrected chi connectivity index (χ0v) is 9.14. The number of unbranched alkanes of at least 4 members (excludes halogenated alkanes) is 1. The van der Waals surface area contributed by atoms with E-state index < -0.39 is 0 Å². The molecule has 2 rings (SSSR count). The first-order chi connectivity index (χ1) is 8.35. The molecule has 0 saturated heterocycles. The number of aldehydes is 1.